The highest BCUT2D eigenvalue weighted by Gasteiger charge is 2.40. The molecule has 0 radical (unpaired) electrons. The Morgan fingerprint density at radius 3 is 2.19 bits per heavy atom. The van der Waals surface area contributed by atoms with Crippen LogP contribution in [0.15, 0.2) is 0 Å². The Morgan fingerprint density at radius 1 is 1.19 bits per heavy atom. The zero-order valence-corrected chi connectivity index (χ0v) is 10.9. The smallest absolute Gasteiger partial charge is 0.151 e. The van der Waals surface area contributed by atoms with E-state index in [4.69, 9.17) is 0 Å². The van der Waals surface area contributed by atoms with Gasteiger partial charge in [-0.05, 0) is 50.0 Å². The summed E-state index contributed by atoms with van der Waals surface area (Å²) in [5.41, 5.74) is 0. The van der Waals surface area contributed by atoms with Crippen molar-refractivity contribution in [1.82, 2.24) is 5.32 Å². The fraction of sp³-hybridized carbons (Fsp3) is 1.00. The molecule has 2 saturated carbocycles. The van der Waals surface area contributed by atoms with Gasteiger partial charge in [-0.25, -0.2) is 8.42 Å². The molecule has 1 N–H and O–H groups in total. The standard InChI is InChI=1S/C12H23NO2S/c1-2-16(14,15)8-7-13-9-12(10-3-4-10)11-5-6-11/h10-13H,2-9H2,1H3. The third-order valence-electron chi connectivity index (χ3n) is 3.86. The first-order chi connectivity index (χ1) is 7.62. The predicted octanol–water partition coefficient (Wildman–Crippen LogP) is 1.45. The molecular weight excluding hydrogens is 222 g/mol. The van der Waals surface area contributed by atoms with Crippen LogP contribution in [0, 0.1) is 17.8 Å². The lowest BCUT2D eigenvalue weighted by atomic mass is 9.98. The number of hydrogen-bond acceptors (Lipinski definition) is 3. The van der Waals surface area contributed by atoms with Crippen LogP contribution in [0.5, 0.6) is 0 Å². The van der Waals surface area contributed by atoms with E-state index in [1.165, 1.54) is 25.7 Å². The third kappa shape index (κ3) is 3.74. The molecule has 0 bridgehead atoms. The van der Waals surface area contributed by atoms with Gasteiger partial charge < -0.3 is 5.32 Å². The minimum absolute atomic E-state index is 0.267. The van der Waals surface area contributed by atoms with Crippen molar-refractivity contribution in [3.63, 3.8) is 0 Å². The summed E-state index contributed by atoms with van der Waals surface area (Å²) in [4.78, 5) is 0. The molecule has 2 aliphatic rings. The van der Waals surface area contributed by atoms with Crippen molar-refractivity contribution >= 4 is 9.84 Å². The second-order valence-corrected chi connectivity index (χ2v) is 7.75. The molecular formula is C12H23NO2S. The third-order valence-corrected chi connectivity index (χ3v) is 5.57. The minimum Gasteiger partial charge on any atom is -0.315 e. The van der Waals surface area contributed by atoms with Gasteiger partial charge in [0.1, 0.15) is 0 Å². The highest BCUT2D eigenvalue weighted by Crippen LogP contribution is 2.48. The predicted molar refractivity (Wildman–Crippen MR) is 66.1 cm³/mol. The van der Waals surface area contributed by atoms with Crippen LogP contribution >= 0.6 is 0 Å². The van der Waals surface area contributed by atoms with Crippen LogP contribution in [0.1, 0.15) is 32.6 Å². The average molecular weight is 245 g/mol. The van der Waals surface area contributed by atoms with E-state index in [1.807, 2.05) is 0 Å². The average Bonchev–Trinajstić information content (AvgIpc) is 3.11. The van der Waals surface area contributed by atoms with Crippen molar-refractivity contribution in [3.05, 3.63) is 0 Å². The van der Waals surface area contributed by atoms with Gasteiger partial charge >= 0.3 is 0 Å². The van der Waals surface area contributed by atoms with Gasteiger partial charge in [0.15, 0.2) is 9.84 Å². The van der Waals surface area contributed by atoms with Gasteiger partial charge in [-0.1, -0.05) is 6.92 Å². The molecule has 0 aromatic carbocycles. The van der Waals surface area contributed by atoms with Gasteiger partial charge in [0, 0.05) is 12.3 Å². The molecule has 3 nitrogen and oxygen atoms in total. The number of sulfone groups is 1. The largest absolute Gasteiger partial charge is 0.315 e. The maximum absolute atomic E-state index is 11.3. The number of rotatable bonds is 8. The normalized spacial score (nSPS) is 21.6. The van der Waals surface area contributed by atoms with E-state index < -0.39 is 9.84 Å². The van der Waals surface area contributed by atoms with E-state index in [0.717, 1.165) is 24.3 Å². The molecule has 0 unspecified atom stereocenters. The number of hydrogen-bond donors (Lipinski definition) is 1. The summed E-state index contributed by atoms with van der Waals surface area (Å²) < 4.78 is 22.6. The summed E-state index contributed by atoms with van der Waals surface area (Å²) in [7, 11) is -2.79. The van der Waals surface area contributed by atoms with E-state index >= 15 is 0 Å². The van der Waals surface area contributed by atoms with Crippen molar-refractivity contribution in [2.45, 2.75) is 32.6 Å². The van der Waals surface area contributed by atoms with E-state index in [-0.39, 0.29) is 5.75 Å². The highest BCUT2D eigenvalue weighted by atomic mass is 32.2. The van der Waals surface area contributed by atoms with Crippen molar-refractivity contribution in [2.24, 2.45) is 17.8 Å². The van der Waals surface area contributed by atoms with Gasteiger partial charge in [0.05, 0.1) is 5.75 Å². The van der Waals surface area contributed by atoms with Gasteiger partial charge in [-0.2, -0.15) is 0 Å². The van der Waals surface area contributed by atoms with Crippen molar-refractivity contribution in [1.29, 1.82) is 0 Å². The van der Waals surface area contributed by atoms with Crippen LogP contribution in [-0.2, 0) is 9.84 Å². The van der Waals surface area contributed by atoms with Crippen LogP contribution in [0.25, 0.3) is 0 Å². The Bertz CT molecular complexity index is 306. The molecule has 0 spiro atoms. The molecule has 0 saturated heterocycles. The van der Waals surface area contributed by atoms with E-state index in [0.29, 0.717) is 12.3 Å². The summed E-state index contributed by atoms with van der Waals surface area (Å²) in [6.07, 6.45) is 5.60. The van der Waals surface area contributed by atoms with Crippen LogP contribution < -0.4 is 5.32 Å². The fourth-order valence-electron chi connectivity index (χ4n) is 2.41. The lowest BCUT2D eigenvalue weighted by Crippen LogP contribution is -2.30. The molecule has 16 heavy (non-hydrogen) atoms. The lowest BCUT2D eigenvalue weighted by molar-refractivity contribution is 0.383. The lowest BCUT2D eigenvalue weighted by Gasteiger charge is -2.16. The quantitative estimate of drug-likeness (QED) is 0.658. The second-order valence-electron chi connectivity index (χ2n) is 5.28. The van der Waals surface area contributed by atoms with Crippen LogP contribution in [0.2, 0.25) is 0 Å². The summed E-state index contributed by atoms with van der Waals surface area (Å²) >= 11 is 0. The molecule has 2 fully saturated rings. The van der Waals surface area contributed by atoms with Crippen molar-refractivity contribution in [3.8, 4) is 0 Å². The maximum atomic E-state index is 11.3. The Balaban J connectivity index is 1.63. The first-order valence-corrected chi connectivity index (χ1v) is 8.35. The van der Waals surface area contributed by atoms with E-state index in [2.05, 4.69) is 5.32 Å². The van der Waals surface area contributed by atoms with Crippen LogP contribution in [0.3, 0.4) is 0 Å². The van der Waals surface area contributed by atoms with Crippen molar-refractivity contribution < 1.29 is 8.42 Å². The summed E-state index contributed by atoms with van der Waals surface area (Å²) in [5.74, 6) is 3.30. The number of nitrogens with one attached hydrogen (secondary N) is 1. The molecule has 2 aliphatic carbocycles. The van der Waals surface area contributed by atoms with Crippen molar-refractivity contribution in [2.75, 3.05) is 24.6 Å². The second kappa shape index (κ2) is 5.05. The molecule has 0 aromatic heterocycles. The monoisotopic (exact) mass is 245 g/mol. The van der Waals surface area contributed by atoms with Gasteiger partial charge in [-0.15, -0.1) is 0 Å². The molecule has 0 heterocycles. The first kappa shape index (κ1) is 12.4. The Labute approximate surface area is 98.9 Å². The minimum atomic E-state index is -2.79. The molecule has 0 amide bonds. The summed E-state index contributed by atoms with van der Waals surface area (Å²) in [5, 5.41) is 3.34. The maximum Gasteiger partial charge on any atom is 0.151 e. The first-order valence-electron chi connectivity index (χ1n) is 6.53. The summed E-state index contributed by atoms with van der Waals surface area (Å²) in [6.45, 7) is 3.38. The molecule has 0 aromatic rings. The summed E-state index contributed by atoms with van der Waals surface area (Å²) in [6, 6.07) is 0. The highest BCUT2D eigenvalue weighted by molar-refractivity contribution is 7.91. The van der Waals surface area contributed by atoms with E-state index in [9.17, 15) is 8.42 Å². The molecule has 4 heteroatoms. The Hall–Kier alpha value is -0.0900. The molecule has 2 rings (SSSR count). The fourth-order valence-corrected chi connectivity index (χ4v) is 3.15. The zero-order valence-electron chi connectivity index (χ0n) is 10.1. The van der Waals surface area contributed by atoms with Crippen LogP contribution in [0.4, 0.5) is 0 Å². The van der Waals surface area contributed by atoms with E-state index in [1.54, 1.807) is 6.92 Å². The molecule has 0 aliphatic heterocycles. The SMILES string of the molecule is CCS(=O)(=O)CCNCC(C1CC1)C1CC1. The molecule has 94 valence electrons. The molecule has 0 atom stereocenters. The van der Waals surface area contributed by atoms with Gasteiger partial charge in [-0.3, -0.25) is 0 Å². The topological polar surface area (TPSA) is 46.2 Å². The van der Waals surface area contributed by atoms with Gasteiger partial charge in [0.25, 0.3) is 0 Å². The van der Waals surface area contributed by atoms with Gasteiger partial charge in [0.2, 0.25) is 0 Å². The Morgan fingerprint density at radius 2 is 1.75 bits per heavy atom. The zero-order chi connectivity index (χ0) is 11.6. The van der Waals surface area contributed by atoms with Crippen LogP contribution in [-0.4, -0.2) is 33.0 Å². The Kier molecular flexibility index (Phi) is 3.90.